The van der Waals surface area contributed by atoms with Crippen molar-refractivity contribution in [1.82, 2.24) is 20.1 Å². The van der Waals surface area contributed by atoms with E-state index >= 15 is 0 Å². The second-order valence-electron chi connectivity index (χ2n) is 8.88. The summed E-state index contributed by atoms with van der Waals surface area (Å²) in [6.07, 6.45) is 1.77. The lowest BCUT2D eigenvalue weighted by molar-refractivity contribution is -0.117. The van der Waals surface area contributed by atoms with Crippen molar-refractivity contribution in [3.05, 3.63) is 64.8 Å². The van der Waals surface area contributed by atoms with Gasteiger partial charge in [0.15, 0.2) is 0 Å². The van der Waals surface area contributed by atoms with Gasteiger partial charge in [0.05, 0.1) is 29.9 Å². The van der Waals surface area contributed by atoms with Crippen LogP contribution in [0, 0.1) is 5.92 Å². The van der Waals surface area contributed by atoms with E-state index in [0.717, 1.165) is 40.9 Å². The summed E-state index contributed by atoms with van der Waals surface area (Å²) in [7, 11) is 3.38. The molecule has 1 unspecified atom stereocenters. The number of hydrogen-bond acceptors (Lipinski definition) is 7. The monoisotopic (exact) mass is 489 g/mol. The molecule has 1 aliphatic rings. The first-order chi connectivity index (χ1) is 16.9. The zero-order chi connectivity index (χ0) is 24.5. The average Bonchev–Trinajstić information content (AvgIpc) is 3.51. The van der Waals surface area contributed by atoms with E-state index in [2.05, 4.69) is 33.4 Å². The van der Waals surface area contributed by atoms with Crippen molar-refractivity contribution >= 4 is 39.1 Å². The van der Waals surface area contributed by atoms with Crippen LogP contribution in [0.25, 0.3) is 21.5 Å². The Morgan fingerprint density at radius 2 is 2.00 bits per heavy atom. The number of benzene rings is 1. The number of methoxy groups -OCH3 is 1. The van der Waals surface area contributed by atoms with Gasteiger partial charge in [-0.1, -0.05) is 30.3 Å². The Bertz CT molecular complexity index is 1380. The molecule has 1 atom stereocenters. The number of hydrogen-bond donors (Lipinski definition) is 2. The molecule has 9 heteroatoms. The van der Waals surface area contributed by atoms with Crippen molar-refractivity contribution in [2.45, 2.75) is 32.4 Å². The van der Waals surface area contributed by atoms with Gasteiger partial charge in [0.2, 0.25) is 5.91 Å². The van der Waals surface area contributed by atoms with Crippen LogP contribution in [-0.2, 0) is 16.1 Å². The second-order valence-corrected chi connectivity index (χ2v) is 9.88. The van der Waals surface area contributed by atoms with E-state index in [0.29, 0.717) is 21.9 Å². The molecule has 0 spiro atoms. The molecule has 0 bridgehead atoms. The molecule has 2 N–H and O–H groups in total. The third-order valence-corrected chi connectivity index (χ3v) is 7.45. The van der Waals surface area contributed by atoms with Gasteiger partial charge in [0.1, 0.15) is 9.71 Å². The van der Waals surface area contributed by atoms with Crippen LogP contribution in [0.3, 0.4) is 0 Å². The maximum atomic E-state index is 12.4. The van der Waals surface area contributed by atoms with Gasteiger partial charge in [-0.2, -0.15) is 5.10 Å². The molecule has 3 heterocycles. The van der Waals surface area contributed by atoms with Crippen molar-refractivity contribution in [3.8, 4) is 11.3 Å². The molecule has 1 aliphatic carbocycles. The lowest BCUT2D eigenvalue weighted by Crippen LogP contribution is -2.22. The fourth-order valence-electron chi connectivity index (χ4n) is 3.97. The first-order valence-corrected chi connectivity index (χ1v) is 12.4. The molecule has 1 fully saturated rings. The van der Waals surface area contributed by atoms with Crippen LogP contribution in [-0.4, -0.2) is 46.1 Å². The van der Waals surface area contributed by atoms with Gasteiger partial charge in [-0.25, -0.2) is 9.78 Å². The number of amides is 1. The summed E-state index contributed by atoms with van der Waals surface area (Å²) < 4.78 is 4.95. The topological polar surface area (TPSA) is 100 Å². The molecule has 1 saturated carbocycles. The molecule has 1 amide bonds. The summed E-state index contributed by atoms with van der Waals surface area (Å²) in [5.74, 6) is -0.496. The van der Waals surface area contributed by atoms with Crippen LogP contribution in [0.15, 0.2) is 48.5 Å². The Kier molecular flexibility index (Phi) is 6.36. The average molecular weight is 490 g/mol. The van der Waals surface area contributed by atoms with Gasteiger partial charge in [-0.05, 0) is 45.0 Å². The number of nitrogens with one attached hydrogen (secondary N) is 2. The summed E-state index contributed by atoms with van der Waals surface area (Å²) in [4.78, 5) is 32.8. The highest BCUT2D eigenvalue weighted by Gasteiger charge is 2.32. The smallest absolute Gasteiger partial charge is 0.350 e. The van der Waals surface area contributed by atoms with Crippen LogP contribution < -0.4 is 5.32 Å². The molecule has 0 radical (unpaired) electrons. The molecular formula is C26H27N5O3S. The highest BCUT2D eigenvalue weighted by atomic mass is 32.1. The molecule has 1 aromatic carbocycles. The second kappa shape index (κ2) is 9.59. The number of rotatable bonds is 8. The standard InChI is InChI=1S/C26H27N5O3S/c1-15(20-13-21(30-29-20)16-7-5-4-6-8-16)31(2)14-18-11-12-19-22(28-24(32)17-9-10-17)23(26(33)34-3)35-25(19)27-18/h4-8,11-13,15,17H,9-10,14H2,1-3H3,(H,28,32)(H,29,30). The fraction of sp³-hybridized carbons (Fsp3) is 0.308. The number of aromatic nitrogens is 3. The van der Waals surface area contributed by atoms with E-state index < -0.39 is 5.97 Å². The van der Waals surface area contributed by atoms with Crippen molar-refractivity contribution < 1.29 is 14.3 Å². The number of fused-ring (bicyclic) bond motifs is 1. The van der Waals surface area contributed by atoms with Gasteiger partial charge < -0.3 is 10.1 Å². The van der Waals surface area contributed by atoms with Crippen molar-refractivity contribution in [1.29, 1.82) is 0 Å². The largest absolute Gasteiger partial charge is 0.465 e. The molecule has 0 saturated heterocycles. The quantitative estimate of drug-likeness (QED) is 0.337. The first kappa shape index (κ1) is 23.2. The molecule has 5 rings (SSSR count). The third-order valence-electron chi connectivity index (χ3n) is 6.37. The summed E-state index contributed by atoms with van der Waals surface area (Å²) in [5.41, 5.74) is 4.37. The minimum atomic E-state index is -0.472. The highest BCUT2D eigenvalue weighted by molar-refractivity contribution is 7.21. The van der Waals surface area contributed by atoms with Gasteiger partial charge >= 0.3 is 5.97 Å². The minimum absolute atomic E-state index is 0.0303. The lowest BCUT2D eigenvalue weighted by atomic mass is 10.1. The zero-order valence-electron chi connectivity index (χ0n) is 19.9. The maximum absolute atomic E-state index is 12.4. The number of thiophene rings is 1. The lowest BCUT2D eigenvalue weighted by Gasteiger charge is -2.23. The van der Waals surface area contributed by atoms with E-state index in [1.54, 1.807) is 0 Å². The van der Waals surface area contributed by atoms with Gasteiger partial charge in [0.25, 0.3) is 0 Å². The number of ether oxygens (including phenoxy) is 1. The number of pyridine rings is 1. The number of H-pyrrole nitrogens is 1. The Labute approximate surface area is 207 Å². The maximum Gasteiger partial charge on any atom is 0.350 e. The molecule has 8 nitrogen and oxygen atoms in total. The number of esters is 1. The van der Waals surface area contributed by atoms with Gasteiger partial charge in [0, 0.05) is 29.5 Å². The minimum Gasteiger partial charge on any atom is -0.465 e. The Morgan fingerprint density at radius 1 is 1.23 bits per heavy atom. The molecule has 35 heavy (non-hydrogen) atoms. The Morgan fingerprint density at radius 3 is 2.71 bits per heavy atom. The highest BCUT2D eigenvalue weighted by Crippen LogP contribution is 2.38. The summed E-state index contributed by atoms with van der Waals surface area (Å²) in [5, 5.41) is 11.3. The van der Waals surface area contributed by atoms with Crippen LogP contribution in [0.5, 0.6) is 0 Å². The number of carbonyl (C=O) groups is 2. The van der Waals surface area contributed by atoms with Crippen LogP contribution in [0.4, 0.5) is 5.69 Å². The first-order valence-electron chi connectivity index (χ1n) is 11.6. The van der Waals surface area contributed by atoms with Crippen LogP contribution >= 0.6 is 11.3 Å². The number of aromatic amines is 1. The van der Waals surface area contributed by atoms with Crippen LogP contribution in [0.2, 0.25) is 0 Å². The van der Waals surface area contributed by atoms with E-state index in [1.807, 2.05) is 49.5 Å². The zero-order valence-corrected chi connectivity index (χ0v) is 20.7. The van der Waals surface area contributed by atoms with E-state index in [1.165, 1.54) is 18.4 Å². The van der Waals surface area contributed by atoms with Gasteiger partial charge in [-0.3, -0.25) is 14.8 Å². The molecule has 0 aliphatic heterocycles. The Hall–Kier alpha value is -3.56. The third kappa shape index (κ3) is 4.82. The van der Waals surface area contributed by atoms with E-state index in [-0.39, 0.29) is 17.9 Å². The van der Waals surface area contributed by atoms with Crippen molar-refractivity contribution in [2.24, 2.45) is 5.92 Å². The SMILES string of the molecule is COC(=O)c1sc2nc(CN(C)C(C)c3cc(-c4ccccc4)n[nH]3)ccc2c1NC(=O)C1CC1. The predicted octanol–water partition coefficient (Wildman–Crippen LogP) is 5.01. The van der Waals surface area contributed by atoms with Crippen molar-refractivity contribution in [3.63, 3.8) is 0 Å². The van der Waals surface area contributed by atoms with E-state index in [9.17, 15) is 9.59 Å². The fourth-order valence-corrected chi connectivity index (χ4v) is 5.04. The predicted molar refractivity (Wildman–Crippen MR) is 136 cm³/mol. The summed E-state index contributed by atoms with van der Waals surface area (Å²) in [6, 6.07) is 16.1. The van der Waals surface area contributed by atoms with Crippen LogP contribution in [0.1, 0.15) is 46.9 Å². The molecule has 3 aromatic heterocycles. The van der Waals surface area contributed by atoms with Gasteiger partial charge in [-0.15, -0.1) is 11.3 Å². The Balaban J connectivity index is 1.35. The van der Waals surface area contributed by atoms with E-state index in [4.69, 9.17) is 9.72 Å². The summed E-state index contributed by atoms with van der Waals surface area (Å²) >= 11 is 1.24. The number of anilines is 1. The number of carbonyl (C=O) groups excluding carboxylic acids is 2. The molecule has 180 valence electrons. The normalized spacial score (nSPS) is 14.3. The summed E-state index contributed by atoms with van der Waals surface area (Å²) in [6.45, 7) is 2.72. The molecular weight excluding hydrogens is 462 g/mol. The van der Waals surface area contributed by atoms with Crippen molar-refractivity contribution in [2.75, 3.05) is 19.5 Å². The molecule has 4 aromatic rings. The number of nitrogens with zero attached hydrogens (tertiary/aromatic N) is 3.